The molecular formula is C15H22N2O4. The van der Waals surface area contributed by atoms with Crippen molar-refractivity contribution in [3.8, 4) is 0 Å². The van der Waals surface area contributed by atoms with Crippen LogP contribution in [0.4, 0.5) is 5.69 Å². The van der Waals surface area contributed by atoms with Crippen LogP contribution in [0.1, 0.15) is 0 Å². The summed E-state index contributed by atoms with van der Waals surface area (Å²) < 4.78 is 0. The second kappa shape index (κ2) is 10.4. The number of aliphatic carboxylic acids is 2. The highest BCUT2D eigenvalue weighted by molar-refractivity contribution is 5.89. The number of para-hydroxylation sites is 1. The molecule has 0 spiro atoms. The summed E-state index contributed by atoms with van der Waals surface area (Å²) in [5, 5.41) is 15.6. The lowest BCUT2D eigenvalue weighted by atomic mass is 10.3. The Labute approximate surface area is 124 Å². The third-order valence-electron chi connectivity index (χ3n) is 2.45. The fraction of sp³-hybridized carbons (Fsp3) is 0.333. The predicted molar refractivity (Wildman–Crippen MR) is 82.7 cm³/mol. The third-order valence-corrected chi connectivity index (χ3v) is 2.45. The van der Waals surface area contributed by atoms with Crippen LogP contribution in [0.25, 0.3) is 0 Å². The zero-order chi connectivity index (χ0) is 16.3. The van der Waals surface area contributed by atoms with Crippen LogP contribution in [0.15, 0.2) is 42.5 Å². The summed E-state index contributed by atoms with van der Waals surface area (Å²) >= 11 is 0. The van der Waals surface area contributed by atoms with E-state index in [-0.39, 0.29) is 0 Å². The minimum atomic E-state index is -1.26. The Balaban J connectivity index is 0.000000433. The molecule has 0 aliphatic carbocycles. The van der Waals surface area contributed by atoms with Crippen LogP contribution in [0.5, 0.6) is 0 Å². The molecule has 1 rings (SSSR count). The summed E-state index contributed by atoms with van der Waals surface area (Å²) in [7, 11) is 6.32. The van der Waals surface area contributed by atoms with E-state index in [9.17, 15) is 9.59 Å². The Morgan fingerprint density at radius 3 is 1.81 bits per heavy atom. The number of carboxylic acid groups (broad SMARTS) is 2. The number of nitrogens with zero attached hydrogens (tertiary/aromatic N) is 2. The van der Waals surface area contributed by atoms with Gasteiger partial charge in [0.05, 0.1) is 0 Å². The molecule has 0 heterocycles. The minimum absolute atomic E-state index is 0.558. The molecule has 21 heavy (non-hydrogen) atoms. The zero-order valence-electron chi connectivity index (χ0n) is 12.6. The molecule has 116 valence electrons. The fourth-order valence-corrected chi connectivity index (χ4v) is 1.30. The largest absolute Gasteiger partial charge is 0.478 e. The van der Waals surface area contributed by atoms with Crippen molar-refractivity contribution in [2.45, 2.75) is 0 Å². The fourth-order valence-electron chi connectivity index (χ4n) is 1.30. The minimum Gasteiger partial charge on any atom is -0.478 e. The molecule has 0 amide bonds. The Morgan fingerprint density at radius 1 is 0.952 bits per heavy atom. The molecule has 0 radical (unpaired) electrons. The van der Waals surface area contributed by atoms with Gasteiger partial charge in [0.2, 0.25) is 0 Å². The van der Waals surface area contributed by atoms with Gasteiger partial charge >= 0.3 is 11.9 Å². The van der Waals surface area contributed by atoms with Crippen molar-refractivity contribution in [3.63, 3.8) is 0 Å². The van der Waals surface area contributed by atoms with Crippen molar-refractivity contribution in [2.24, 2.45) is 0 Å². The predicted octanol–water partition coefficient (Wildman–Crippen LogP) is 1.40. The molecule has 0 atom stereocenters. The van der Waals surface area contributed by atoms with E-state index in [4.69, 9.17) is 10.2 Å². The molecular weight excluding hydrogens is 272 g/mol. The zero-order valence-corrected chi connectivity index (χ0v) is 12.6. The molecule has 0 bridgehead atoms. The first-order chi connectivity index (χ1) is 9.82. The molecule has 0 unspecified atom stereocenters. The molecule has 2 N–H and O–H groups in total. The molecule has 0 fully saturated rings. The van der Waals surface area contributed by atoms with Crippen molar-refractivity contribution in [2.75, 3.05) is 39.1 Å². The molecule has 0 aromatic heterocycles. The number of benzene rings is 1. The third kappa shape index (κ3) is 11.2. The van der Waals surface area contributed by atoms with Gasteiger partial charge in [-0.05, 0) is 26.2 Å². The number of likely N-dealkylation sites (N-methyl/N-ethyl adjacent to an activating group) is 2. The summed E-state index contributed by atoms with van der Waals surface area (Å²) in [4.78, 5) is 23.6. The number of anilines is 1. The summed E-state index contributed by atoms with van der Waals surface area (Å²) in [6, 6.07) is 10.5. The van der Waals surface area contributed by atoms with Crippen LogP contribution >= 0.6 is 0 Å². The first-order valence-electron chi connectivity index (χ1n) is 6.37. The molecule has 0 aliphatic rings. The van der Waals surface area contributed by atoms with Crippen LogP contribution < -0.4 is 4.90 Å². The van der Waals surface area contributed by atoms with Gasteiger partial charge in [-0.25, -0.2) is 9.59 Å². The van der Waals surface area contributed by atoms with Gasteiger partial charge in [-0.3, -0.25) is 0 Å². The summed E-state index contributed by atoms with van der Waals surface area (Å²) in [6.07, 6.45) is 1.12. The van der Waals surface area contributed by atoms with E-state index in [1.165, 1.54) is 5.69 Å². The lowest BCUT2D eigenvalue weighted by Crippen LogP contribution is -2.28. The van der Waals surface area contributed by atoms with Crippen LogP contribution in [0.3, 0.4) is 0 Å². The summed E-state index contributed by atoms with van der Waals surface area (Å²) in [6.45, 7) is 2.16. The van der Waals surface area contributed by atoms with Crippen molar-refractivity contribution >= 4 is 17.6 Å². The number of rotatable bonds is 6. The Hall–Kier alpha value is -2.34. The van der Waals surface area contributed by atoms with Crippen LogP contribution in [0.2, 0.25) is 0 Å². The maximum Gasteiger partial charge on any atom is 0.328 e. The lowest BCUT2D eigenvalue weighted by Gasteiger charge is -2.21. The second-order valence-corrected chi connectivity index (χ2v) is 4.57. The van der Waals surface area contributed by atoms with E-state index in [2.05, 4.69) is 55.2 Å². The number of carbonyl (C=O) groups is 2. The van der Waals surface area contributed by atoms with Crippen molar-refractivity contribution in [1.82, 2.24) is 4.90 Å². The topological polar surface area (TPSA) is 81.1 Å². The molecule has 0 saturated carbocycles. The maximum atomic E-state index is 9.55. The van der Waals surface area contributed by atoms with Gasteiger partial charge in [-0.2, -0.15) is 0 Å². The van der Waals surface area contributed by atoms with E-state index in [1.807, 2.05) is 6.07 Å². The molecule has 6 heteroatoms. The molecule has 0 aliphatic heterocycles. The number of carboxylic acids is 2. The van der Waals surface area contributed by atoms with Crippen LogP contribution in [-0.4, -0.2) is 61.3 Å². The SMILES string of the molecule is CN(C)CCN(C)c1ccccc1.O=C(O)/C=C/C(=O)O. The first kappa shape index (κ1) is 18.7. The normalized spacial score (nSPS) is 10.1. The van der Waals surface area contributed by atoms with Gasteiger partial charge in [-0.1, -0.05) is 18.2 Å². The first-order valence-corrected chi connectivity index (χ1v) is 6.37. The maximum absolute atomic E-state index is 9.55. The highest BCUT2D eigenvalue weighted by Gasteiger charge is 1.99. The number of hydrogen-bond acceptors (Lipinski definition) is 4. The molecule has 1 aromatic carbocycles. The summed E-state index contributed by atoms with van der Waals surface area (Å²) in [5.41, 5.74) is 1.28. The summed E-state index contributed by atoms with van der Waals surface area (Å²) in [5.74, 6) is -2.51. The van der Waals surface area contributed by atoms with Gasteiger partial charge < -0.3 is 20.0 Å². The van der Waals surface area contributed by atoms with Gasteiger partial charge in [-0.15, -0.1) is 0 Å². The van der Waals surface area contributed by atoms with E-state index in [0.29, 0.717) is 12.2 Å². The van der Waals surface area contributed by atoms with Gasteiger partial charge in [0.25, 0.3) is 0 Å². The smallest absolute Gasteiger partial charge is 0.328 e. The second-order valence-electron chi connectivity index (χ2n) is 4.57. The van der Waals surface area contributed by atoms with Crippen LogP contribution in [0, 0.1) is 0 Å². The highest BCUT2D eigenvalue weighted by atomic mass is 16.4. The van der Waals surface area contributed by atoms with Gasteiger partial charge in [0.1, 0.15) is 0 Å². The van der Waals surface area contributed by atoms with Gasteiger partial charge in [0.15, 0.2) is 0 Å². The number of hydrogen-bond donors (Lipinski definition) is 2. The van der Waals surface area contributed by atoms with E-state index >= 15 is 0 Å². The monoisotopic (exact) mass is 294 g/mol. The molecule has 0 saturated heterocycles. The van der Waals surface area contributed by atoms with Crippen molar-refractivity contribution in [1.29, 1.82) is 0 Å². The Bertz CT molecular complexity index is 442. The highest BCUT2D eigenvalue weighted by Crippen LogP contribution is 2.09. The lowest BCUT2D eigenvalue weighted by molar-refractivity contribution is -0.134. The molecule has 1 aromatic rings. The standard InChI is InChI=1S/C11H18N2.C4H4O4/c1-12(2)9-10-13(3)11-7-5-4-6-8-11;5-3(6)1-2-4(7)8/h4-8H,9-10H2,1-3H3;1-2H,(H,5,6)(H,7,8)/b;2-1+. The molecule has 6 nitrogen and oxygen atoms in total. The van der Waals surface area contributed by atoms with E-state index in [1.54, 1.807) is 0 Å². The quantitative estimate of drug-likeness (QED) is 0.772. The van der Waals surface area contributed by atoms with E-state index in [0.717, 1.165) is 13.1 Å². The van der Waals surface area contributed by atoms with Crippen LogP contribution in [-0.2, 0) is 9.59 Å². The Morgan fingerprint density at radius 2 is 1.43 bits per heavy atom. The Kier molecular flexibility index (Phi) is 9.28. The van der Waals surface area contributed by atoms with Crippen molar-refractivity contribution in [3.05, 3.63) is 42.5 Å². The average Bonchev–Trinajstić information content (AvgIpc) is 2.44. The van der Waals surface area contributed by atoms with E-state index < -0.39 is 11.9 Å². The van der Waals surface area contributed by atoms with Gasteiger partial charge in [0, 0.05) is 38.0 Å². The average molecular weight is 294 g/mol. The van der Waals surface area contributed by atoms with Crippen molar-refractivity contribution < 1.29 is 19.8 Å².